The van der Waals surface area contributed by atoms with Crippen LogP contribution in [0, 0.1) is 0 Å². The molecule has 8 heteroatoms. The van der Waals surface area contributed by atoms with Gasteiger partial charge < -0.3 is 9.47 Å². The highest BCUT2D eigenvalue weighted by atomic mass is 16.5. The van der Waals surface area contributed by atoms with Gasteiger partial charge in [-0.25, -0.2) is 10.3 Å². The summed E-state index contributed by atoms with van der Waals surface area (Å²) in [5, 5.41) is 0. The van der Waals surface area contributed by atoms with Crippen molar-refractivity contribution in [3.63, 3.8) is 0 Å². The minimum atomic E-state index is -0.842. The number of imide groups is 1. The molecule has 0 radical (unpaired) electrons. The van der Waals surface area contributed by atoms with Crippen molar-refractivity contribution in [3.05, 3.63) is 54.1 Å². The average molecular weight is 369 g/mol. The highest BCUT2D eigenvalue weighted by Gasteiger charge is 2.39. The number of methoxy groups -OCH3 is 2. The zero-order chi connectivity index (χ0) is 19.4. The summed E-state index contributed by atoms with van der Waals surface area (Å²) in [6.07, 6.45) is -0.0566. The quantitative estimate of drug-likeness (QED) is 0.588. The van der Waals surface area contributed by atoms with Gasteiger partial charge in [-0.2, -0.15) is 0 Å². The number of nitrogens with zero attached hydrogens (tertiary/aromatic N) is 1. The van der Waals surface area contributed by atoms with Crippen LogP contribution in [-0.4, -0.2) is 38.0 Å². The van der Waals surface area contributed by atoms with E-state index in [0.29, 0.717) is 22.7 Å². The van der Waals surface area contributed by atoms with E-state index in [9.17, 15) is 14.4 Å². The van der Waals surface area contributed by atoms with Gasteiger partial charge in [0.1, 0.15) is 17.5 Å². The second-order valence-corrected chi connectivity index (χ2v) is 5.85. The maximum Gasteiger partial charge on any atom is 0.265 e. The third-order valence-corrected chi connectivity index (χ3v) is 4.17. The molecule has 3 rings (SSSR count). The lowest BCUT2D eigenvalue weighted by atomic mass is 10.2. The fraction of sp³-hybridized carbons (Fsp3) is 0.211. The lowest BCUT2D eigenvalue weighted by molar-refractivity contribution is -0.121. The molecule has 2 aromatic carbocycles. The first-order valence-corrected chi connectivity index (χ1v) is 8.24. The summed E-state index contributed by atoms with van der Waals surface area (Å²) in [6.45, 7) is 0. The molecule has 27 heavy (non-hydrogen) atoms. The molecule has 2 N–H and O–H groups in total. The van der Waals surface area contributed by atoms with E-state index < -0.39 is 17.9 Å². The first-order valence-electron chi connectivity index (χ1n) is 8.24. The third kappa shape index (κ3) is 3.90. The zero-order valence-corrected chi connectivity index (χ0v) is 14.9. The van der Waals surface area contributed by atoms with Crippen molar-refractivity contribution in [2.75, 3.05) is 19.1 Å². The van der Waals surface area contributed by atoms with Gasteiger partial charge in [-0.15, -0.1) is 0 Å². The van der Waals surface area contributed by atoms with Crippen LogP contribution in [0.15, 0.2) is 48.5 Å². The molecule has 3 amide bonds. The summed E-state index contributed by atoms with van der Waals surface area (Å²) in [5.74, 6) is -0.0483. The Balaban J connectivity index is 1.65. The number of hydrazine groups is 1. The van der Waals surface area contributed by atoms with Crippen molar-refractivity contribution in [2.24, 2.45) is 0 Å². The second kappa shape index (κ2) is 7.88. The summed E-state index contributed by atoms with van der Waals surface area (Å²) in [5.41, 5.74) is 5.93. The topological polar surface area (TPSA) is 97.0 Å². The highest BCUT2D eigenvalue weighted by molar-refractivity contribution is 6.22. The van der Waals surface area contributed by atoms with Crippen LogP contribution in [0.4, 0.5) is 5.69 Å². The van der Waals surface area contributed by atoms with E-state index in [1.54, 1.807) is 48.5 Å². The molecule has 1 fully saturated rings. The number of carbonyl (C=O) groups excluding carboxylic acids is 3. The van der Waals surface area contributed by atoms with Gasteiger partial charge in [0.2, 0.25) is 5.91 Å². The number of carbonyl (C=O) groups is 3. The summed E-state index contributed by atoms with van der Waals surface area (Å²) < 4.78 is 10.2. The predicted molar refractivity (Wildman–Crippen MR) is 97.5 cm³/mol. The van der Waals surface area contributed by atoms with Crippen molar-refractivity contribution in [1.29, 1.82) is 0 Å². The lowest BCUT2D eigenvalue weighted by Gasteiger charge is -2.16. The molecule has 0 bridgehead atoms. The van der Waals surface area contributed by atoms with Crippen LogP contribution in [0.25, 0.3) is 0 Å². The summed E-state index contributed by atoms with van der Waals surface area (Å²) in [4.78, 5) is 38.1. The molecule has 1 unspecified atom stereocenters. The van der Waals surface area contributed by atoms with Crippen LogP contribution in [0.5, 0.6) is 11.5 Å². The normalized spacial score (nSPS) is 16.4. The van der Waals surface area contributed by atoms with Gasteiger partial charge >= 0.3 is 0 Å². The minimum Gasteiger partial charge on any atom is -0.497 e. The number of nitrogens with one attached hydrogen (secondary N) is 2. The van der Waals surface area contributed by atoms with Crippen LogP contribution in [0.3, 0.4) is 0 Å². The van der Waals surface area contributed by atoms with E-state index in [-0.39, 0.29) is 12.3 Å². The van der Waals surface area contributed by atoms with Crippen LogP contribution in [0.1, 0.15) is 16.8 Å². The number of anilines is 1. The molecule has 1 aliphatic heterocycles. The smallest absolute Gasteiger partial charge is 0.265 e. The van der Waals surface area contributed by atoms with Gasteiger partial charge in [-0.1, -0.05) is 6.07 Å². The van der Waals surface area contributed by atoms with Gasteiger partial charge in [0, 0.05) is 11.6 Å². The van der Waals surface area contributed by atoms with Gasteiger partial charge in [-0.3, -0.25) is 19.8 Å². The van der Waals surface area contributed by atoms with Gasteiger partial charge in [0.15, 0.2) is 0 Å². The maximum absolute atomic E-state index is 12.6. The van der Waals surface area contributed by atoms with Gasteiger partial charge in [-0.05, 0) is 36.4 Å². The Morgan fingerprint density at radius 3 is 2.41 bits per heavy atom. The molecule has 0 aromatic heterocycles. The van der Waals surface area contributed by atoms with Crippen molar-refractivity contribution in [3.8, 4) is 11.5 Å². The molecular weight excluding hydrogens is 350 g/mol. The van der Waals surface area contributed by atoms with E-state index in [0.717, 1.165) is 4.90 Å². The molecular formula is C19H19N3O5. The number of hydrogen-bond donors (Lipinski definition) is 2. The van der Waals surface area contributed by atoms with E-state index >= 15 is 0 Å². The van der Waals surface area contributed by atoms with Crippen molar-refractivity contribution in [2.45, 2.75) is 12.5 Å². The molecule has 1 aliphatic rings. The Morgan fingerprint density at radius 1 is 1.04 bits per heavy atom. The number of rotatable bonds is 6. The molecule has 1 atom stereocenters. The molecule has 8 nitrogen and oxygen atoms in total. The molecule has 0 saturated carbocycles. The molecule has 0 spiro atoms. The molecule has 1 saturated heterocycles. The first kappa shape index (κ1) is 18.4. The number of amides is 3. The summed E-state index contributed by atoms with van der Waals surface area (Å²) in [6, 6.07) is 12.3. The predicted octanol–water partition coefficient (Wildman–Crippen LogP) is 1.27. The molecule has 2 aromatic rings. The van der Waals surface area contributed by atoms with E-state index in [2.05, 4.69) is 10.9 Å². The van der Waals surface area contributed by atoms with Crippen molar-refractivity contribution in [1.82, 2.24) is 10.9 Å². The van der Waals surface area contributed by atoms with Crippen LogP contribution in [0.2, 0.25) is 0 Å². The highest BCUT2D eigenvalue weighted by Crippen LogP contribution is 2.26. The van der Waals surface area contributed by atoms with Crippen LogP contribution >= 0.6 is 0 Å². The Hall–Kier alpha value is -3.39. The Kier molecular flexibility index (Phi) is 5.37. The maximum atomic E-state index is 12.6. The standard InChI is InChI=1S/C19H19N3O5/c1-26-14-8-6-12(7-9-14)18(24)21-20-16-11-17(23)22(19(16)25)13-4-3-5-15(10-13)27-2/h3-10,16,20H,11H2,1-2H3,(H,21,24). The Morgan fingerprint density at radius 2 is 1.74 bits per heavy atom. The second-order valence-electron chi connectivity index (χ2n) is 5.85. The monoisotopic (exact) mass is 369 g/mol. The zero-order valence-electron chi connectivity index (χ0n) is 14.9. The van der Waals surface area contributed by atoms with E-state index in [1.807, 2.05) is 0 Å². The van der Waals surface area contributed by atoms with E-state index in [4.69, 9.17) is 9.47 Å². The lowest BCUT2D eigenvalue weighted by Crippen LogP contribution is -2.48. The summed E-state index contributed by atoms with van der Waals surface area (Å²) in [7, 11) is 3.04. The van der Waals surface area contributed by atoms with Gasteiger partial charge in [0.05, 0.1) is 26.3 Å². The third-order valence-electron chi connectivity index (χ3n) is 4.17. The summed E-state index contributed by atoms with van der Waals surface area (Å²) >= 11 is 0. The number of hydrogen-bond acceptors (Lipinski definition) is 6. The fourth-order valence-corrected chi connectivity index (χ4v) is 2.73. The van der Waals surface area contributed by atoms with Crippen LogP contribution < -0.4 is 25.2 Å². The fourth-order valence-electron chi connectivity index (χ4n) is 2.73. The van der Waals surface area contributed by atoms with Gasteiger partial charge in [0.25, 0.3) is 11.8 Å². The van der Waals surface area contributed by atoms with Crippen molar-refractivity contribution >= 4 is 23.4 Å². The van der Waals surface area contributed by atoms with E-state index in [1.165, 1.54) is 14.2 Å². The number of ether oxygens (including phenoxy) is 2. The largest absolute Gasteiger partial charge is 0.497 e. The van der Waals surface area contributed by atoms with Crippen LogP contribution in [-0.2, 0) is 9.59 Å². The molecule has 140 valence electrons. The minimum absolute atomic E-state index is 0.0566. The molecule has 1 heterocycles. The molecule has 0 aliphatic carbocycles. The number of benzene rings is 2. The SMILES string of the molecule is COc1ccc(C(=O)NNC2CC(=O)N(c3cccc(OC)c3)C2=O)cc1. The average Bonchev–Trinajstić information content (AvgIpc) is 2.99. The van der Waals surface area contributed by atoms with Crippen molar-refractivity contribution < 1.29 is 23.9 Å². The Bertz CT molecular complexity index is 866. The Labute approximate surface area is 156 Å². The first-order chi connectivity index (χ1) is 13.0.